The van der Waals surface area contributed by atoms with E-state index in [9.17, 15) is 14.4 Å². The van der Waals surface area contributed by atoms with Gasteiger partial charge in [-0.3, -0.25) is 14.4 Å². The number of ether oxygens (including phenoxy) is 3. The normalized spacial score (nSPS) is 12.9. The molecule has 0 rings (SSSR count). The van der Waals surface area contributed by atoms with Gasteiger partial charge in [-0.2, -0.15) is 0 Å². The molecule has 0 aromatic heterocycles. The lowest BCUT2D eigenvalue weighted by Crippen LogP contribution is -2.30. The minimum absolute atomic E-state index is 0.0999. The second-order valence-electron chi connectivity index (χ2n) is 16.7. The van der Waals surface area contributed by atoms with Gasteiger partial charge in [0, 0.05) is 19.3 Å². The zero-order valence-corrected chi connectivity index (χ0v) is 40.8. The average molecular weight is 875 g/mol. The molecule has 0 aromatic carbocycles. The van der Waals surface area contributed by atoms with Crippen molar-refractivity contribution >= 4 is 17.9 Å². The van der Waals surface area contributed by atoms with Gasteiger partial charge in [-0.05, 0) is 109 Å². The van der Waals surface area contributed by atoms with Crippen LogP contribution in [0.25, 0.3) is 0 Å². The van der Waals surface area contributed by atoms with Gasteiger partial charge in [-0.25, -0.2) is 0 Å². The first kappa shape index (κ1) is 59.3. The van der Waals surface area contributed by atoms with E-state index in [1.807, 2.05) is 0 Å². The Kier molecular flexibility index (Phi) is 48.0. The van der Waals surface area contributed by atoms with Crippen molar-refractivity contribution < 1.29 is 28.6 Å². The third kappa shape index (κ3) is 49.2. The molecule has 0 bridgehead atoms. The molecule has 0 saturated carbocycles. The molecule has 0 aliphatic heterocycles. The van der Waals surface area contributed by atoms with E-state index in [1.165, 1.54) is 38.5 Å². The van der Waals surface area contributed by atoms with Gasteiger partial charge in [0.2, 0.25) is 0 Å². The van der Waals surface area contributed by atoms with Gasteiger partial charge in [0.15, 0.2) is 6.10 Å². The average Bonchev–Trinajstić information content (AvgIpc) is 3.28. The molecule has 0 heterocycles. The molecular weight excluding hydrogens is 781 g/mol. The Balaban J connectivity index is 4.48. The van der Waals surface area contributed by atoms with E-state index in [1.54, 1.807) is 0 Å². The number of unbranched alkanes of at least 4 members (excludes halogenated alkanes) is 18. The van der Waals surface area contributed by atoms with Crippen molar-refractivity contribution in [1.82, 2.24) is 0 Å². The highest BCUT2D eigenvalue weighted by Crippen LogP contribution is 2.13. The van der Waals surface area contributed by atoms with E-state index in [0.29, 0.717) is 19.3 Å². The van der Waals surface area contributed by atoms with Crippen LogP contribution < -0.4 is 0 Å². The van der Waals surface area contributed by atoms with Gasteiger partial charge in [0.05, 0.1) is 0 Å². The third-order valence-corrected chi connectivity index (χ3v) is 10.5. The van der Waals surface area contributed by atoms with Crippen molar-refractivity contribution in [3.8, 4) is 0 Å². The molecule has 6 heteroatoms. The maximum Gasteiger partial charge on any atom is 0.306 e. The molecule has 0 fully saturated rings. The van der Waals surface area contributed by atoms with Crippen molar-refractivity contribution in [2.45, 2.75) is 232 Å². The number of hydrogen-bond acceptors (Lipinski definition) is 6. The minimum Gasteiger partial charge on any atom is -0.462 e. The van der Waals surface area contributed by atoms with Gasteiger partial charge in [-0.15, -0.1) is 0 Å². The third-order valence-electron chi connectivity index (χ3n) is 10.5. The quantitative estimate of drug-likeness (QED) is 0.0262. The Hall–Kier alpha value is -3.67. The summed E-state index contributed by atoms with van der Waals surface area (Å²) in [6, 6.07) is 0. The highest BCUT2D eigenvalue weighted by molar-refractivity contribution is 5.71. The van der Waals surface area contributed by atoms with Crippen LogP contribution in [0.1, 0.15) is 226 Å². The molecule has 0 aliphatic rings. The zero-order valence-electron chi connectivity index (χ0n) is 40.8. The van der Waals surface area contributed by atoms with Crippen molar-refractivity contribution in [3.63, 3.8) is 0 Å². The molecule has 1 unspecified atom stereocenters. The molecule has 0 radical (unpaired) electrons. The van der Waals surface area contributed by atoms with Crippen LogP contribution in [-0.2, 0) is 28.6 Å². The van der Waals surface area contributed by atoms with E-state index in [2.05, 4.69) is 118 Å². The lowest BCUT2D eigenvalue weighted by molar-refractivity contribution is -0.167. The first-order chi connectivity index (χ1) is 31.0. The smallest absolute Gasteiger partial charge is 0.306 e. The fourth-order valence-corrected chi connectivity index (χ4v) is 6.64. The number of hydrogen-bond donors (Lipinski definition) is 0. The van der Waals surface area contributed by atoms with Crippen molar-refractivity contribution in [3.05, 3.63) is 97.2 Å². The SMILES string of the molecule is CC/C=C\C/C=C\C/C=C\C/C=C\CCCCCCC(=O)OCC(COC(=O)CCCCCCC/C=C\C/C=C\CCCC)OC(=O)CCCCCCC/C=C\C/C=C\CCCC. The van der Waals surface area contributed by atoms with E-state index < -0.39 is 6.10 Å². The van der Waals surface area contributed by atoms with Crippen LogP contribution in [-0.4, -0.2) is 37.2 Å². The molecule has 0 aliphatic carbocycles. The first-order valence-electron chi connectivity index (χ1n) is 25.7. The standard InChI is InChI=1S/C57H94O6/c1-4-7-10-13-16-19-22-25-28-29-30-33-35-38-41-44-47-50-56(59)62-53-54(63-57(60)51-48-45-42-39-36-32-27-24-21-18-15-12-9-6-3)52-61-55(58)49-46-43-40-37-34-31-26-23-20-17-14-11-8-5-2/h7,10,14-19,23-28,30,33,54H,4-6,8-9,11-13,20-22,29,31-32,34-53H2,1-3H3/b10-7-,17-14-,18-15-,19-16-,26-23-,27-24-,28-25-,33-30-. The molecule has 0 amide bonds. The fourth-order valence-electron chi connectivity index (χ4n) is 6.64. The summed E-state index contributed by atoms with van der Waals surface area (Å²) in [5, 5.41) is 0. The zero-order chi connectivity index (χ0) is 45.8. The van der Waals surface area contributed by atoms with Crippen LogP contribution in [0.15, 0.2) is 97.2 Å². The Morgan fingerprint density at radius 3 is 0.968 bits per heavy atom. The summed E-state index contributed by atoms with van der Waals surface area (Å²) in [4.78, 5) is 38.0. The maximum atomic E-state index is 12.8. The molecule has 358 valence electrons. The van der Waals surface area contributed by atoms with Crippen LogP contribution in [0.3, 0.4) is 0 Å². The highest BCUT2D eigenvalue weighted by Gasteiger charge is 2.19. The summed E-state index contributed by atoms with van der Waals surface area (Å²) in [6.07, 6.45) is 66.7. The summed E-state index contributed by atoms with van der Waals surface area (Å²) in [7, 11) is 0. The van der Waals surface area contributed by atoms with E-state index >= 15 is 0 Å². The van der Waals surface area contributed by atoms with Crippen LogP contribution in [0.5, 0.6) is 0 Å². The highest BCUT2D eigenvalue weighted by atomic mass is 16.6. The number of carbonyl (C=O) groups excluding carboxylic acids is 3. The van der Waals surface area contributed by atoms with Gasteiger partial charge in [0.25, 0.3) is 0 Å². The Morgan fingerprint density at radius 1 is 0.333 bits per heavy atom. The number of carbonyl (C=O) groups is 3. The second kappa shape index (κ2) is 51.0. The number of esters is 3. The predicted octanol–water partition coefficient (Wildman–Crippen LogP) is 17.0. The van der Waals surface area contributed by atoms with Crippen LogP contribution >= 0.6 is 0 Å². The van der Waals surface area contributed by atoms with Gasteiger partial charge in [0.1, 0.15) is 13.2 Å². The molecule has 0 aromatic rings. The predicted molar refractivity (Wildman–Crippen MR) is 270 cm³/mol. The Labute approximate surface area is 387 Å². The minimum atomic E-state index is -0.801. The van der Waals surface area contributed by atoms with Crippen LogP contribution in [0.2, 0.25) is 0 Å². The molecule has 0 N–H and O–H groups in total. The number of allylic oxidation sites excluding steroid dienone is 16. The molecular formula is C57H94O6. The molecule has 6 nitrogen and oxygen atoms in total. The monoisotopic (exact) mass is 875 g/mol. The van der Waals surface area contributed by atoms with E-state index in [-0.39, 0.29) is 31.1 Å². The Morgan fingerprint density at radius 2 is 0.619 bits per heavy atom. The summed E-state index contributed by atoms with van der Waals surface area (Å²) in [5.41, 5.74) is 0. The van der Waals surface area contributed by atoms with Crippen molar-refractivity contribution in [1.29, 1.82) is 0 Å². The molecule has 0 spiro atoms. The van der Waals surface area contributed by atoms with Crippen LogP contribution in [0, 0.1) is 0 Å². The molecule has 1 atom stereocenters. The van der Waals surface area contributed by atoms with Crippen molar-refractivity contribution in [2.24, 2.45) is 0 Å². The molecule has 63 heavy (non-hydrogen) atoms. The number of rotatable bonds is 45. The Bertz CT molecular complexity index is 1280. The maximum absolute atomic E-state index is 12.8. The second-order valence-corrected chi connectivity index (χ2v) is 16.7. The first-order valence-corrected chi connectivity index (χ1v) is 25.7. The molecule has 0 saturated heterocycles. The largest absolute Gasteiger partial charge is 0.462 e. The lowest BCUT2D eigenvalue weighted by atomic mass is 10.1. The van der Waals surface area contributed by atoms with Crippen molar-refractivity contribution in [2.75, 3.05) is 13.2 Å². The summed E-state index contributed by atoms with van der Waals surface area (Å²) >= 11 is 0. The summed E-state index contributed by atoms with van der Waals surface area (Å²) in [5.74, 6) is -0.955. The summed E-state index contributed by atoms with van der Waals surface area (Å²) < 4.78 is 16.8. The van der Waals surface area contributed by atoms with Gasteiger partial charge >= 0.3 is 17.9 Å². The van der Waals surface area contributed by atoms with E-state index in [0.717, 1.165) is 148 Å². The van der Waals surface area contributed by atoms with Gasteiger partial charge in [-0.1, -0.05) is 195 Å². The fraction of sp³-hybridized carbons (Fsp3) is 0.667. The van der Waals surface area contributed by atoms with Gasteiger partial charge < -0.3 is 14.2 Å². The lowest BCUT2D eigenvalue weighted by Gasteiger charge is -2.18. The van der Waals surface area contributed by atoms with E-state index in [4.69, 9.17) is 14.2 Å². The topological polar surface area (TPSA) is 78.9 Å². The summed E-state index contributed by atoms with van der Waals surface area (Å²) in [6.45, 7) is 6.39. The van der Waals surface area contributed by atoms with Crippen LogP contribution in [0.4, 0.5) is 0 Å².